The van der Waals surface area contributed by atoms with E-state index >= 15 is 0 Å². The molecule has 30 heavy (non-hydrogen) atoms. The SMILES string of the molecule is N=IC1CCC(CCNc2ccc3c(c2)C(=O)N(C2CCC(=O)NC2=O)C3=O)CC1. The molecule has 3 N–H and O–H groups in total. The first-order valence-corrected chi connectivity index (χ1v) is 12.7. The van der Waals surface area contributed by atoms with Gasteiger partial charge in [-0.25, -0.2) is 0 Å². The lowest BCUT2D eigenvalue weighted by molar-refractivity contribution is -0.136. The van der Waals surface area contributed by atoms with Gasteiger partial charge < -0.3 is 5.32 Å². The Hall–Kier alpha value is -2.17. The maximum Gasteiger partial charge on any atom is 0.262 e. The summed E-state index contributed by atoms with van der Waals surface area (Å²) in [5.74, 6) is -1.25. The Morgan fingerprint density at radius 2 is 1.77 bits per heavy atom. The number of imide groups is 2. The monoisotopic (exact) mass is 524 g/mol. The fourth-order valence-corrected chi connectivity index (χ4v) is 5.86. The number of benzene rings is 1. The highest BCUT2D eigenvalue weighted by atomic mass is 127. The number of piperidine rings is 1. The topological polar surface area (TPSA) is 119 Å². The molecule has 0 radical (unpaired) electrons. The zero-order valence-electron chi connectivity index (χ0n) is 16.6. The van der Waals surface area contributed by atoms with Gasteiger partial charge in [0.25, 0.3) is 11.8 Å². The number of carbonyl (C=O) groups excluding carboxylic acids is 4. The third kappa shape index (κ3) is 4.17. The average molecular weight is 524 g/mol. The van der Waals surface area contributed by atoms with Crippen molar-refractivity contribution in [3.05, 3.63) is 29.3 Å². The van der Waals surface area contributed by atoms with E-state index in [-0.39, 0.29) is 39.8 Å². The molecule has 160 valence electrons. The number of nitrogens with zero attached hydrogens (tertiary/aromatic N) is 1. The molecule has 8 nitrogen and oxygen atoms in total. The Balaban J connectivity index is 1.38. The van der Waals surface area contributed by atoms with Crippen molar-refractivity contribution in [2.75, 3.05) is 11.9 Å². The molecule has 2 aliphatic heterocycles. The van der Waals surface area contributed by atoms with Gasteiger partial charge in [0.05, 0.1) is 11.1 Å². The summed E-state index contributed by atoms with van der Waals surface area (Å²) < 4.78 is 8.28. The predicted molar refractivity (Wildman–Crippen MR) is 119 cm³/mol. The Kier molecular flexibility index (Phi) is 6.26. The lowest BCUT2D eigenvalue weighted by Crippen LogP contribution is -2.54. The number of amides is 4. The van der Waals surface area contributed by atoms with Gasteiger partial charge in [-0.05, 0) is 83.7 Å². The number of alkyl halides is 1. The van der Waals surface area contributed by atoms with Crippen molar-refractivity contribution < 1.29 is 19.2 Å². The van der Waals surface area contributed by atoms with Gasteiger partial charge in [0.1, 0.15) is 6.04 Å². The summed E-state index contributed by atoms with van der Waals surface area (Å²) in [4.78, 5) is 50.1. The summed E-state index contributed by atoms with van der Waals surface area (Å²) >= 11 is -0.380. The predicted octanol–water partition coefficient (Wildman–Crippen LogP) is 3.18. The highest BCUT2D eigenvalue weighted by Gasteiger charge is 2.44. The third-order valence-corrected chi connectivity index (χ3v) is 8.38. The minimum absolute atomic E-state index is 0.113. The van der Waals surface area contributed by atoms with Crippen LogP contribution in [0.2, 0.25) is 0 Å². The minimum Gasteiger partial charge on any atom is -0.385 e. The average Bonchev–Trinajstić information content (AvgIpc) is 2.99. The summed E-state index contributed by atoms with van der Waals surface area (Å²) in [6, 6.07) is 4.17. The molecule has 3 aliphatic rings. The number of rotatable bonds is 6. The van der Waals surface area contributed by atoms with Crippen LogP contribution in [-0.4, -0.2) is 45.0 Å². The van der Waals surface area contributed by atoms with Crippen molar-refractivity contribution in [1.82, 2.24) is 10.2 Å². The Morgan fingerprint density at radius 3 is 2.47 bits per heavy atom. The van der Waals surface area contributed by atoms with E-state index < -0.39 is 23.8 Å². The van der Waals surface area contributed by atoms with Gasteiger partial charge in [-0.15, -0.1) is 0 Å². The number of nitrogens with one attached hydrogen (secondary N) is 3. The Labute approximate surface area is 185 Å². The Bertz CT molecular complexity index is 910. The van der Waals surface area contributed by atoms with Crippen molar-refractivity contribution in [2.45, 2.75) is 54.9 Å². The zero-order valence-corrected chi connectivity index (χ0v) is 18.7. The van der Waals surface area contributed by atoms with Crippen LogP contribution < -0.4 is 10.6 Å². The van der Waals surface area contributed by atoms with Gasteiger partial charge >= 0.3 is 0 Å². The normalized spacial score (nSPS) is 26.5. The number of halogens is 1. The molecule has 1 unspecified atom stereocenters. The quantitative estimate of drug-likeness (QED) is 0.300. The number of carbonyl (C=O) groups is 4. The first-order valence-electron chi connectivity index (χ1n) is 10.4. The number of anilines is 1. The first kappa shape index (κ1) is 21.1. The first-order chi connectivity index (χ1) is 14.5. The second kappa shape index (κ2) is 8.91. The Morgan fingerprint density at radius 1 is 1.03 bits per heavy atom. The molecule has 9 heteroatoms. The van der Waals surface area contributed by atoms with Crippen LogP contribution in [0.3, 0.4) is 0 Å². The smallest absolute Gasteiger partial charge is 0.262 e. The molecule has 4 rings (SSSR count). The van der Waals surface area contributed by atoms with Gasteiger partial charge in [0.2, 0.25) is 11.8 Å². The van der Waals surface area contributed by atoms with Gasteiger partial charge in [0.15, 0.2) is 0 Å². The molecule has 1 saturated carbocycles. The van der Waals surface area contributed by atoms with Crippen molar-refractivity contribution in [3.63, 3.8) is 0 Å². The lowest BCUT2D eigenvalue weighted by atomic mass is 9.87. The maximum absolute atomic E-state index is 12.9. The van der Waals surface area contributed by atoms with E-state index in [2.05, 4.69) is 10.6 Å². The number of hydrogen-bond donors (Lipinski definition) is 3. The zero-order chi connectivity index (χ0) is 21.3. The van der Waals surface area contributed by atoms with Gasteiger partial charge in [0, 0.05) is 22.6 Å². The molecule has 0 aromatic heterocycles. The van der Waals surface area contributed by atoms with Crippen molar-refractivity contribution >= 4 is 50.3 Å². The van der Waals surface area contributed by atoms with Crippen LogP contribution >= 0.6 is 21.0 Å². The van der Waals surface area contributed by atoms with E-state index in [0.717, 1.165) is 23.6 Å². The van der Waals surface area contributed by atoms with E-state index in [1.807, 2.05) is 0 Å². The van der Waals surface area contributed by atoms with Gasteiger partial charge in [-0.1, -0.05) is 0 Å². The standard InChI is InChI=1S/C21H25IN4O4/c23-22-13-3-1-12(2-4-13)9-10-24-14-5-6-15-16(11-14)21(30)26(20(15)29)17-7-8-18(27)25-19(17)28/h5-6,11-13,17,23-24H,1-4,7-10H2,(H,25,27,28). The fourth-order valence-electron chi connectivity index (χ4n) is 4.52. The van der Waals surface area contributed by atoms with Crippen LogP contribution in [0.15, 0.2) is 18.2 Å². The molecule has 1 atom stereocenters. The fraction of sp³-hybridized carbons (Fsp3) is 0.524. The summed E-state index contributed by atoms with van der Waals surface area (Å²) in [6.45, 7) is 0.795. The van der Waals surface area contributed by atoms with E-state index in [4.69, 9.17) is 3.56 Å². The van der Waals surface area contributed by atoms with Crippen LogP contribution in [0.25, 0.3) is 0 Å². The molecule has 2 heterocycles. The second-order valence-corrected chi connectivity index (χ2v) is 10.5. The summed E-state index contributed by atoms with van der Waals surface area (Å²) in [5.41, 5.74) is 1.38. The highest BCUT2D eigenvalue weighted by Crippen LogP contribution is 2.33. The molecule has 4 amide bonds. The molecule has 0 spiro atoms. The van der Waals surface area contributed by atoms with E-state index in [0.29, 0.717) is 21.0 Å². The van der Waals surface area contributed by atoms with Crippen LogP contribution in [0.1, 0.15) is 65.7 Å². The minimum atomic E-state index is -0.937. The van der Waals surface area contributed by atoms with Crippen molar-refractivity contribution in [3.8, 4) is 0 Å². The maximum atomic E-state index is 12.9. The molecule has 1 aliphatic carbocycles. The lowest BCUT2D eigenvalue weighted by Gasteiger charge is -2.27. The second-order valence-electron chi connectivity index (χ2n) is 8.15. The molecule has 2 fully saturated rings. The van der Waals surface area contributed by atoms with E-state index in [1.54, 1.807) is 18.2 Å². The van der Waals surface area contributed by atoms with Crippen LogP contribution in [0.4, 0.5) is 5.69 Å². The van der Waals surface area contributed by atoms with Crippen LogP contribution in [0.5, 0.6) is 0 Å². The van der Waals surface area contributed by atoms with E-state index in [9.17, 15) is 19.2 Å². The molecular weight excluding hydrogens is 499 g/mol. The molecule has 1 aromatic carbocycles. The summed E-state index contributed by atoms with van der Waals surface area (Å²) in [5, 5.41) is 5.56. The highest BCUT2D eigenvalue weighted by molar-refractivity contribution is 14.1. The molecular formula is C21H25IN4O4. The summed E-state index contributed by atoms with van der Waals surface area (Å²) in [6.07, 6.45) is 6.09. The van der Waals surface area contributed by atoms with Crippen LogP contribution in [-0.2, 0) is 9.59 Å². The van der Waals surface area contributed by atoms with E-state index in [1.165, 1.54) is 25.7 Å². The molecule has 0 bridgehead atoms. The van der Waals surface area contributed by atoms with Crippen molar-refractivity contribution in [1.29, 1.82) is 3.56 Å². The van der Waals surface area contributed by atoms with Gasteiger partial charge in [-0.2, -0.15) is 0 Å². The number of fused-ring (bicyclic) bond motifs is 1. The third-order valence-electron chi connectivity index (χ3n) is 6.25. The number of hydrogen-bond acceptors (Lipinski definition) is 6. The molecule has 1 aromatic rings. The molecule has 1 saturated heterocycles. The van der Waals surface area contributed by atoms with Crippen molar-refractivity contribution in [2.24, 2.45) is 5.92 Å². The van der Waals surface area contributed by atoms with Gasteiger partial charge in [-0.3, -0.25) is 33.0 Å². The largest absolute Gasteiger partial charge is 0.385 e. The summed E-state index contributed by atoms with van der Waals surface area (Å²) in [7, 11) is 0. The van der Waals surface area contributed by atoms with Crippen LogP contribution in [0, 0.1) is 9.48 Å².